The van der Waals surface area contributed by atoms with Crippen molar-refractivity contribution in [2.24, 2.45) is 0 Å². The van der Waals surface area contributed by atoms with Crippen LogP contribution in [-0.4, -0.2) is 11.3 Å². The van der Waals surface area contributed by atoms with Crippen molar-refractivity contribution in [1.29, 1.82) is 0 Å². The monoisotopic (exact) mass is 1330 g/mol. The highest BCUT2D eigenvalue weighted by Gasteiger charge is 2.46. The Morgan fingerprint density at radius 3 is 0.981 bits per heavy atom. The Kier molecular flexibility index (Phi) is 14.8. The Hall–Kier alpha value is -12.5. The number of benzene rings is 16. The van der Waals surface area contributed by atoms with Crippen LogP contribution in [-0.2, 0) is 10.8 Å². The maximum absolute atomic E-state index is 2.74. The van der Waals surface area contributed by atoms with Gasteiger partial charge in [0, 0.05) is 55.8 Å². The lowest BCUT2D eigenvalue weighted by atomic mass is 9.33. The molecule has 17 aromatic rings. The van der Waals surface area contributed by atoms with E-state index < -0.39 is 0 Å². The normalized spacial score (nSPS) is 12.7. The average molecular weight is 1330 g/mol. The summed E-state index contributed by atoms with van der Waals surface area (Å²) in [4.78, 5) is 5.45. The molecule has 0 bridgehead atoms. The van der Waals surface area contributed by atoms with Crippen LogP contribution in [0.1, 0.15) is 52.7 Å². The summed E-state index contributed by atoms with van der Waals surface area (Å²) in [5.74, 6) is 0. The first-order chi connectivity index (χ1) is 50.9. The molecular weight excluding hydrogens is 1250 g/mol. The molecule has 2 aliphatic rings. The Bertz CT molecular complexity index is 5990. The van der Waals surface area contributed by atoms with Crippen LogP contribution in [0.3, 0.4) is 0 Å². The number of hydrogen-bond donors (Lipinski definition) is 0. The molecule has 0 amide bonds. The van der Waals surface area contributed by atoms with Gasteiger partial charge in [-0.3, -0.25) is 0 Å². The molecule has 0 spiro atoms. The smallest absolute Gasteiger partial charge is 0.252 e. The van der Waals surface area contributed by atoms with Gasteiger partial charge < -0.3 is 14.4 Å². The summed E-state index contributed by atoms with van der Waals surface area (Å²) in [5, 5.41) is 7.27. The third kappa shape index (κ3) is 10.3. The van der Waals surface area contributed by atoms with E-state index in [-0.39, 0.29) is 17.5 Å². The summed E-state index contributed by atoms with van der Waals surface area (Å²) >= 11 is 0. The van der Waals surface area contributed by atoms with Gasteiger partial charge in [0.05, 0.1) is 28.1 Å². The van der Waals surface area contributed by atoms with Crippen molar-refractivity contribution in [3.05, 3.63) is 363 Å². The van der Waals surface area contributed by atoms with Gasteiger partial charge in [-0.1, -0.05) is 333 Å². The largest absolute Gasteiger partial charge is 0.310 e. The second kappa shape index (κ2) is 24.6. The highest BCUT2D eigenvalue weighted by molar-refractivity contribution is 7.00. The fourth-order valence-electron chi connectivity index (χ4n) is 17.1. The van der Waals surface area contributed by atoms with Gasteiger partial charge in [0.15, 0.2) is 0 Å². The van der Waals surface area contributed by atoms with E-state index in [1.165, 1.54) is 87.6 Å². The van der Waals surface area contributed by atoms with Gasteiger partial charge in [-0.25, -0.2) is 0 Å². The summed E-state index contributed by atoms with van der Waals surface area (Å²) in [7, 11) is 0. The maximum atomic E-state index is 2.74. The van der Waals surface area contributed by atoms with E-state index in [1.54, 1.807) is 0 Å². The Morgan fingerprint density at radius 2 is 0.577 bits per heavy atom. The molecule has 0 N–H and O–H groups in total. The number of rotatable bonds is 10. The molecule has 104 heavy (non-hydrogen) atoms. The molecule has 2 aliphatic heterocycles. The van der Waals surface area contributed by atoms with Gasteiger partial charge >= 0.3 is 0 Å². The molecule has 0 saturated carbocycles. The Balaban J connectivity index is 1.03. The van der Waals surface area contributed by atoms with Gasteiger partial charge in [-0.05, 0) is 176 Å². The molecule has 1 aromatic heterocycles. The molecule has 0 saturated heterocycles. The van der Waals surface area contributed by atoms with E-state index in [2.05, 4.69) is 408 Å². The van der Waals surface area contributed by atoms with Crippen molar-refractivity contribution < 1.29 is 0 Å². The van der Waals surface area contributed by atoms with Gasteiger partial charge in [0.2, 0.25) is 0 Å². The number of hydrogen-bond acceptors (Lipinski definition) is 2. The molecule has 494 valence electrons. The van der Waals surface area contributed by atoms with Crippen LogP contribution in [0.2, 0.25) is 0 Å². The minimum absolute atomic E-state index is 0.197. The number of aromatic nitrogens is 1. The summed E-state index contributed by atoms with van der Waals surface area (Å²) in [5.41, 5.74) is 32.2. The first kappa shape index (κ1) is 62.5. The van der Waals surface area contributed by atoms with E-state index in [0.29, 0.717) is 0 Å². The summed E-state index contributed by atoms with van der Waals surface area (Å²) in [6.07, 6.45) is 0. The van der Waals surface area contributed by atoms with Crippen LogP contribution in [0, 0.1) is 0 Å². The topological polar surface area (TPSA) is 11.4 Å². The molecule has 0 atom stereocenters. The first-order valence-electron chi connectivity index (χ1n) is 36.6. The van der Waals surface area contributed by atoms with Gasteiger partial charge in [-0.15, -0.1) is 0 Å². The molecule has 3 heterocycles. The zero-order valence-corrected chi connectivity index (χ0v) is 59.4. The summed E-state index contributed by atoms with van der Waals surface area (Å²) in [6, 6.07) is 133. The molecule has 3 nitrogen and oxygen atoms in total. The van der Waals surface area contributed by atoms with Crippen molar-refractivity contribution in [3.8, 4) is 83.6 Å². The summed E-state index contributed by atoms with van der Waals surface area (Å²) < 4.78 is 2.55. The highest BCUT2D eigenvalue weighted by atomic mass is 15.2. The van der Waals surface area contributed by atoms with Crippen LogP contribution in [0.25, 0.3) is 127 Å². The van der Waals surface area contributed by atoms with Crippen molar-refractivity contribution in [2.75, 3.05) is 9.80 Å². The van der Waals surface area contributed by atoms with Crippen LogP contribution < -0.4 is 26.2 Å². The predicted octanol–water partition coefficient (Wildman–Crippen LogP) is 25.4. The average Bonchev–Trinajstić information content (AvgIpc) is 0.781. The Morgan fingerprint density at radius 1 is 0.240 bits per heavy atom. The van der Waals surface area contributed by atoms with E-state index >= 15 is 0 Å². The van der Waals surface area contributed by atoms with Crippen molar-refractivity contribution in [3.63, 3.8) is 0 Å². The third-order valence-corrected chi connectivity index (χ3v) is 22.0. The lowest BCUT2D eigenvalue weighted by Gasteiger charge is -2.46. The van der Waals surface area contributed by atoms with Gasteiger partial charge in [0.25, 0.3) is 6.71 Å². The maximum Gasteiger partial charge on any atom is 0.252 e. The zero-order valence-electron chi connectivity index (χ0n) is 59.4. The van der Waals surface area contributed by atoms with Crippen molar-refractivity contribution in [2.45, 2.75) is 52.4 Å². The molecule has 0 unspecified atom stereocenters. The van der Waals surface area contributed by atoms with Crippen LogP contribution >= 0.6 is 0 Å². The minimum Gasteiger partial charge on any atom is -0.310 e. The molecule has 0 radical (unpaired) electrons. The van der Waals surface area contributed by atoms with Crippen LogP contribution in [0.4, 0.5) is 34.1 Å². The first-order valence-corrected chi connectivity index (χ1v) is 36.6. The third-order valence-electron chi connectivity index (χ3n) is 22.0. The number of para-hydroxylation sites is 2. The quantitative estimate of drug-likeness (QED) is 0.0999. The molecule has 19 rings (SSSR count). The fraction of sp³-hybridized carbons (Fsp3) is 0.0800. The standard InChI is InChI=1S/C100H76BN3/c1-99(2,3)73-59-82(66-35-15-8-16-36-66)97(83(60-73)67-37-17-9-18-38-67)103-90-56-54-71(65-33-13-7-14-34-65)57-87(90)101-86-55-53-72(95-80-49-27-25-47-78(80)94(70-43-23-12-24-44-70)79-48-26-28-50-81(79)95)58-91(86)104(93-64-75(63-92(103)96(93)101)102-88-51-31-29-45-76(88)77-46-30-32-52-89(77)102)98-84(68-39-19-10-20-40-68)61-74(100(4,5)6)62-85(98)69-41-21-11-22-42-69/h7-64H,1-6H3. The molecule has 16 aromatic carbocycles. The second-order valence-electron chi connectivity index (χ2n) is 30.3. The SMILES string of the molecule is CC(C)(C)c1cc(-c2ccccc2)c(N2c3ccc(-c4ccccc4)cc3B3c4ccc(-c5c6ccccc6c(-c6ccccc6)c6ccccc56)cc4N(c4c(-c5ccccc5)cc(C(C)(C)C)cc4-c4ccccc4)c4cc(-n5c6ccccc6c6ccccc65)cc2c43)c(-c2ccccc2)c1. The lowest BCUT2D eigenvalue weighted by molar-refractivity contribution is 0.590. The lowest BCUT2D eigenvalue weighted by Crippen LogP contribution is -2.61. The molecular formula is C100H76BN3. The molecule has 0 aliphatic carbocycles. The number of fused-ring (bicyclic) bond motifs is 9. The van der Waals surface area contributed by atoms with Crippen LogP contribution in [0.5, 0.6) is 0 Å². The molecule has 0 fully saturated rings. The van der Waals surface area contributed by atoms with Crippen molar-refractivity contribution >= 4 is 101 Å². The van der Waals surface area contributed by atoms with E-state index in [9.17, 15) is 0 Å². The van der Waals surface area contributed by atoms with E-state index in [1.807, 2.05) is 0 Å². The highest BCUT2D eigenvalue weighted by Crippen LogP contribution is 2.56. The van der Waals surface area contributed by atoms with E-state index in [4.69, 9.17) is 0 Å². The number of anilines is 6. The Labute approximate surface area is 610 Å². The predicted molar refractivity (Wildman–Crippen MR) is 445 cm³/mol. The van der Waals surface area contributed by atoms with Gasteiger partial charge in [0.1, 0.15) is 0 Å². The summed E-state index contributed by atoms with van der Waals surface area (Å²) in [6.45, 7) is 13.9. The van der Waals surface area contributed by atoms with Crippen LogP contribution in [0.15, 0.2) is 352 Å². The fourth-order valence-corrected chi connectivity index (χ4v) is 17.1. The van der Waals surface area contributed by atoms with Crippen molar-refractivity contribution in [1.82, 2.24) is 4.57 Å². The van der Waals surface area contributed by atoms with Gasteiger partial charge in [-0.2, -0.15) is 0 Å². The molecule has 4 heteroatoms. The zero-order chi connectivity index (χ0) is 70.0. The van der Waals surface area contributed by atoms with E-state index in [0.717, 1.165) is 101 Å². The minimum atomic E-state index is -0.278. The number of nitrogens with zero attached hydrogens (tertiary/aromatic N) is 3. The second-order valence-corrected chi connectivity index (χ2v) is 30.3.